The lowest BCUT2D eigenvalue weighted by Crippen LogP contribution is -2.07. The highest BCUT2D eigenvalue weighted by Crippen LogP contribution is 2.39. The van der Waals surface area contributed by atoms with Gasteiger partial charge in [0.2, 0.25) is 20.9 Å². The number of anilines is 2. The van der Waals surface area contributed by atoms with Gasteiger partial charge in [0.25, 0.3) is 0 Å². The summed E-state index contributed by atoms with van der Waals surface area (Å²) >= 11 is 0. The van der Waals surface area contributed by atoms with Crippen LogP contribution in [0.15, 0.2) is 22.3 Å². The number of H-pyrrole nitrogens is 1. The lowest BCUT2D eigenvalue weighted by molar-refractivity contribution is 0.587. The first-order valence-corrected chi connectivity index (χ1v) is 11.0. The number of sulfone groups is 1. The molecule has 29 heavy (non-hydrogen) atoms. The minimum Gasteiger partial charge on any atom is -0.322 e. The maximum atomic E-state index is 12.9. The van der Waals surface area contributed by atoms with Crippen LogP contribution in [0.4, 0.5) is 11.6 Å². The third-order valence-electron chi connectivity index (χ3n) is 5.73. The summed E-state index contributed by atoms with van der Waals surface area (Å²) in [5.41, 5.74) is 6.30. The van der Waals surface area contributed by atoms with Crippen LogP contribution in [0.5, 0.6) is 0 Å². The summed E-state index contributed by atoms with van der Waals surface area (Å²) in [7, 11) is -2.51. The van der Waals surface area contributed by atoms with Gasteiger partial charge in [0, 0.05) is 12.7 Å². The van der Waals surface area contributed by atoms with Gasteiger partial charge in [0.1, 0.15) is 11.0 Å². The number of aromatic amines is 1. The van der Waals surface area contributed by atoms with Crippen LogP contribution in [0.3, 0.4) is 0 Å². The fourth-order valence-electron chi connectivity index (χ4n) is 4.35. The van der Waals surface area contributed by atoms with E-state index >= 15 is 0 Å². The molecule has 1 aromatic carbocycles. The molecule has 2 aliphatic carbocycles. The highest BCUT2D eigenvalue weighted by molar-refractivity contribution is 7.91. The van der Waals surface area contributed by atoms with Crippen molar-refractivity contribution >= 4 is 21.5 Å². The Kier molecular flexibility index (Phi) is 3.96. The monoisotopic (exact) mass is 409 g/mol. The Morgan fingerprint density at radius 2 is 1.86 bits per heavy atom. The zero-order chi connectivity index (χ0) is 20.2. The number of nitrogens with zero attached hydrogens (tertiary/aromatic N) is 5. The molecule has 2 aliphatic rings. The van der Waals surface area contributed by atoms with E-state index in [0.717, 1.165) is 50.4 Å². The highest BCUT2D eigenvalue weighted by atomic mass is 32.2. The summed E-state index contributed by atoms with van der Waals surface area (Å²) < 4.78 is 27.0. The SMILES string of the molecule is Cn1ncc(S(=O)(=O)c2nc(Nc3c4c(cc5c3CCC5)CCC4)n[nH]2)c1C#N. The molecule has 0 aliphatic heterocycles. The molecule has 3 aromatic rings. The first-order valence-electron chi connectivity index (χ1n) is 9.52. The topological polar surface area (TPSA) is 129 Å². The van der Waals surface area contributed by atoms with Crippen LogP contribution in [0.25, 0.3) is 0 Å². The average Bonchev–Trinajstić information content (AvgIpc) is 3.47. The number of hydrogen-bond acceptors (Lipinski definition) is 7. The molecule has 0 radical (unpaired) electrons. The minimum atomic E-state index is -4.03. The van der Waals surface area contributed by atoms with Gasteiger partial charge in [-0.25, -0.2) is 13.5 Å². The number of benzene rings is 1. The number of nitrogens with one attached hydrogen (secondary N) is 2. The molecule has 148 valence electrons. The number of hydrogen-bond donors (Lipinski definition) is 2. The molecular weight excluding hydrogens is 390 g/mol. The van der Waals surface area contributed by atoms with Crippen molar-refractivity contribution in [2.24, 2.45) is 7.05 Å². The lowest BCUT2D eigenvalue weighted by Gasteiger charge is -2.15. The van der Waals surface area contributed by atoms with Gasteiger partial charge in [-0.3, -0.25) is 4.68 Å². The van der Waals surface area contributed by atoms with Gasteiger partial charge in [-0.15, -0.1) is 5.10 Å². The van der Waals surface area contributed by atoms with E-state index in [1.54, 1.807) is 0 Å². The second-order valence-electron chi connectivity index (χ2n) is 7.42. The molecule has 0 amide bonds. The van der Waals surface area contributed by atoms with Crippen molar-refractivity contribution in [2.45, 2.75) is 48.6 Å². The summed E-state index contributed by atoms with van der Waals surface area (Å²) in [6.07, 6.45) is 7.55. The maximum Gasteiger partial charge on any atom is 0.249 e. The highest BCUT2D eigenvalue weighted by Gasteiger charge is 2.29. The first-order chi connectivity index (χ1) is 14.0. The molecule has 2 aromatic heterocycles. The fourth-order valence-corrected chi connectivity index (χ4v) is 5.55. The molecule has 0 spiro atoms. The van der Waals surface area contributed by atoms with Crippen molar-refractivity contribution in [3.05, 3.63) is 40.2 Å². The first kappa shape index (κ1) is 17.9. The van der Waals surface area contributed by atoms with Gasteiger partial charge < -0.3 is 5.32 Å². The van der Waals surface area contributed by atoms with Gasteiger partial charge >= 0.3 is 0 Å². The second-order valence-corrected chi connectivity index (χ2v) is 9.25. The van der Waals surface area contributed by atoms with Crippen molar-refractivity contribution in [3.63, 3.8) is 0 Å². The largest absolute Gasteiger partial charge is 0.322 e. The van der Waals surface area contributed by atoms with Gasteiger partial charge in [0.05, 0.1) is 6.20 Å². The van der Waals surface area contributed by atoms with Crippen LogP contribution in [0.2, 0.25) is 0 Å². The van der Waals surface area contributed by atoms with Crippen LogP contribution in [-0.4, -0.2) is 33.4 Å². The quantitative estimate of drug-likeness (QED) is 0.674. The van der Waals surface area contributed by atoms with E-state index in [1.807, 2.05) is 6.07 Å². The van der Waals surface area contributed by atoms with Crippen LogP contribution in [0.1, 0.15) is 40.8 Å². The van der Waals surface area contributed by atoms with Crippen LogP contribution in [-0.2, 0) is 42.6 Å². The number of aryl methyl sites for hydroxylation is 3. The van der Waals surface area contributed by atoms with Crippen LogP contribution >= 0.6 is 0 Å². The van der Waals surface area contributed by atoms with Gasteiger partial charge in [-0.2, -0.15) is 15.3 Å². The van der Waals surface area contributed by atoms with E-state index in [9.17, 15) is 13.7 Å². The summed E-state index contributed by atoms with van der Waals surface area (Å²) in [6.45, 7) is 0. The third kappa shape index (κ3) is 2.73. The fraction of sp³-hybridized carbons (Fsp3) is 0.368. The van der Waals surface area contributed by atoms with Crippen molar-refractivity contribution < 1.29 is 8.42 Å². The molecule has 2 heterocycles. The molecule has 0 bridgehead atoms. The number of nitriles is 1. The van der Waals surface area contributed by atoms with E-state index in [4.69, 9.17) is 0 Å². The zero-order valence-corrected chi connectivity index (χ0v) is 16.7. The van der Waals surface area contributed by atoms with E-state index in [0.29, 0.717) is 0 Å². The summed E-state index contributed by atoms with van der Waals surface area (Å²) in [6, 6.07) is 4.20. The second kappa shape index (κ2) is 6.42. The molecule has 0 saturated carbocycles. The van der Waals surface area contributed by atoms with Crippen LogP contribution < -0.4 is 5.32 Å². The Labute approximate surface area is 167 Å². The average molecular weight is 409 g/mol. The Balaban J connectivity index is 1.52. The Hall–Kier alpha value is -3.19. The molecule has 5 rings (SSSR count). The number of fused-ring (bicyclic) bond motifs is 2. The molecule has 9 nitrogen and oxygen atoms in total. The van der Waals surface area contributed by atoms with Crippen molar-refractivity contribution in [1.29, 1.82) is 5.26 Å². The number of rotatable bonds is 4. The smallest absolute Gasteiger partial charge is 0.249 e. The molecule has 0 atom stereocenters. The lowest BCUT2D eigenvalue weighted by atomic mass is 9.99. The summed E-state index contributed by atoms with van der Waals surface area (Å²) in [5, 5.41) is 22.7. The molecular formula is C19H19N7O2S. The Bertz CT molecular complexity index is 1250. The van der Waals surface area contributed by atoms with Crippen molar-refractivity contribution in [3.8, 4) is 6.07 Å². The molecule has 0 fully saturated rings. The van der Waals surface area contributed by atoms with Gasteiger partial charge in [-0.05, 0) is 60.8 Å². The van der Waals surface area contributed by atoms with E-state index in [-0.39, 0.29) is 21.7 Å². The van der Waals surface area contributed by atoms with E-state index in [2.05, 4.69) is 31.7 Å². The van der Waals surface area contributed by atoms with Gasteiger partial charge in [-0.1, -0.05) is 6.07 Å². The van der Waals surface area contributed by atoms with E-state index < -0.39 is 9.84 Å². The minimum absolute atomic E-state index is 0.0467. The maximum absolute atomic E-state index is 12.9. The Morgan fingerprint density at radius 1 is 1.17 bits per heavy atom. The number of aromatic nitrogens is 5. The predicted molar refractivity (Wildman–Crippen MR) is 104 cm³/mol. The third-order valence-corrected chi connectivity index (χ3v) is 7.30. The van der Waals surface area contributed by atoms with Crippen LogP contribution in [0, 0.1) is 11.3 Å². The predicted octanol–water partition coefficient (Wildman–Crippen LogP) is 1.96. The zero-order valence-electron chi connectivity index (χ0n) is 15.9. The molecule has 0 unspecified atom stereocenters. The van der Waals surface area contributed by atoms with Crippen molar-refractivity contribution in [2.75, 3.05) is 5.32 Å². The molecule has 2 N–H and O–H groups in total. The standard InChI is InChI=1S/C19H19N7O2S/c1-26-15(9-20)16(10-21-26)29(27,28)19-23-18(24-25-19)22-17-13-6-2-4-11(13)8-12-5-3-7-14(12)17/h8,10H,2-7H2,1H3,(H2,22,23,24,25). The summed E-state index contributed by atoms with van der Waals surface area (Å²) in [4.78, 5) is 3.99. The van der Waals surface area contributed by atoms with Gasteiger partial charge in [0.15, 0.2) is 5.69 Å². The van der Waals surface area contributed by atoms with Crippen molar-refractivity contribution in [1.82, 2.24) is 25.0 Å². The van der Waals surface area contributed by atoms with E-state index in [1.165, 1.54) is 34.0 Å². The Morgan fingerprint density at radius 3 is 2.52 bits per heavy atom. The molecule has 10 heteroatoms. The normalized spacial score (nSPS) is 15.2. The summed E-state index contributed by atoms with van der Waals surface area (Å²) in [5.74, 6) is 0.209. The molecule has 0 saturated heterocycles.